The molecule has 0 aliphatic rings. The summed E-state index contributed by atoms with van der Waals surface area (Å²) < 4.78 is 10.4. The first-order valence-corrected chi connectivity index (χ1v) is 8.96. The van der Waals surface area contributed by atoms with Crippen molar-refractivity contribution in [3.8, 4) is 0 Å². The van der Waals surface area contributed by atoms with E-state index in [4.69, 9.17) is 9.47 Å². The van der Waals surface area contributed by atoms with Gasteiger partial charge in [0, 0.05) is 0 Å². The minimum atomic E-state index is -1.12. The van der Waals surface area contributed by atoms with Crippen LogP contribution in [0.4, 0.5) is 0 Å². The number of rotatable bonds is 12. The van der Waals surface area contributed by atoms with E-state index in [2.05, 4.69) is 24.1 Å². The van der Waals surface area contributed by atoms with Crippen LogP contribution >= 0.6 is 0 Å². The zero-order valence-corrected chi connectivity index (χ0v) is 16.2. The monoisotopic (exact) mass is 342 g/mol. The second-order valence-electron chi connectivity index (χ2n) is 7.00. The highest BCUT2D eigenvalue weighted by atomic mass is 16.5. The third-order valence-corrected chi connectivity index (χ3v) is 3.51. The average Bonchev–Trinajstić information content (AvgIpc) is 2.53. The van der Waals surface area contributed by atoms with E-state index in [0.29, 0.717) is 13.2 Å². The molecule has 140 valence electrons. The third kappa shape index (κ3) is 8.99. The van der Waals surface area contributed by atoms with Gasteiger partial charge in [-0.15, -0.1) is 0 Å². The summed E-state index contributed by atoms with van der Waals surface area (Å²) in [5, 5.41) is 8.08. The number of azo groups is 1. The summed E-state index contributed by atoms with van der Waals surface area (Å²) in [5.74, 6) is -0.871. The van der Waals surface area contributed by atoms with Gasteiger partial charge in [-0.05, 0) is 40.5 Å². The van der Waals surface area contributed by atoms with Crippen molar-refractivity contribution in [1.29, 1.82) is 0 Å². The number of ether oxygens (including phenoxy) is 2. The van der Waals surface area contributed by atoms with E-state index in [1.807, 2.05) is 0 Å². The van der Waals surface area contributed by atoms with Crippen LogP contribution < -0.4 is 0 Å². The predicted octanol–water partition coefficient (Wildman–Crippen LogP) is 4.46. The second-order valence-corrected chi connectivity index (χ2v) is 7.00. The van der Waals surface area contributed by atoms with Crippen LogP contribution in [0.25, 0.3) is 0 Å². The molecule has 0 bridgehead atoms. The lowest BCUT2D eigenvalue weighted by Crippen LogP contribution is -2.35. The summed E-state index contributed by atoms with van der Waals surface area (Å²) in [6, 6.07) is 0. The van der Waals surface area contributed by atoms with E-state index in [-0.39, 0.29) is 0 Å². The molecule has 0 unspecified atom stereocenters. The second kappa shape index (κ2) is 11.2. The van der Waals surface area contributed by atoms with Crippen LogP contribution in [0.5, 0.6) is 0 Å². The van der Waals surface area contributed by atoms with Crippen LogP contribution in [0.15, 0.2) is 10.2 Å². The Labute approximate surface area is 146 Å². The van der Waals surface area contributed by atoms with Crippen molar-refractivity contribution in [3.05, 3.63) is 0 Å². The Morgan fingerprint density at radius 2 is 1.04 bits per heavy atom. The first-order valence-electron chi connectivity index (χ1n) is 8.96. The van der Waals surface area contributed by atoms with Gasteiger partial charge in [-0.1, -0.05) is 39.5 Å². The summed E-state index contributed by atoms with van der Waals surface area (Å²) in [6.07, 6.45) is 5.85. The normalized spacial score (nSPS) is 12.4. The lowest BCUT2D eigenvalue weighted by atomic mass is 10.1. The molecule has 6 heteroatoms. The quantitative estimate of drug-likeness (QED) is 0.298. The van der Waals surface area contributed by atoms with Crippen molar-refractivity contribution in [2.24, 2.45) is 10.2 Å². The maximum Gasteiger partial charge on any atom is 0.335 e. The average molecular weight is 342 g/mol. The zero-order chi connectivity index (χ0) is 18.6. The molecule has 0 spiro atoms. The minimum absolute atomic E-state index is 0.383. The number of carbonyl (C=O) groups excluding carboxylic acids is 2. The fourth-order valence-electron chi connectivity index (χ4n) is 1.72. The van der Waals surface area contributed by atoms with Crippen LogP contribution in [-0.4, -0.2) is 36.2 Å². The highest BCUT2D eigenvalue weighted by Crippen LogP contribution is 2.19. The van der Waals surface area contributed by atoms with E-state index in [1.165, 1.54) is 0 Å². The first-order chi connectivity index (χ1) is 11.2. The van der Waals surface area contributed by atoms with Crippen molar-refractivity contribution in [2.75, 3.05) is 13.2 Å². The van der Waals surface area contributed by atoms with Crippen molar-refractivity contribution in [3.63, 3.8) is 0 Å². The van der Waals surface area contributed by atoms with Crippen LogP contribution in [0.1, 0.15) is 80.1 Å². The van der Waals surface area contributed by atoms with Gasteiger partial charge in [0.25, 0.3) is 0 Å². The zero-order valence-electron chi connectivity index (χ0n) is 16.2. The molecule has 0 amide bonds. The molecule has 0 aromatic carbocycles. The summed E-state index contributed by atoms with van der Waals surface area (Å²) in [7, 11) is 0. The molecule has 0 saturated heterocycles. The maximum atomic E-state index is 12.1. The van der Waals surface area contributed by atoms with Crippen molar-refractivity contribution >= 4 is 11.9 Å². The van der Waals surface area contributed by atoms with Gasteiger partial charge in [-0.2, -0.15) is 10.2 Å². The van der Waals surface area contributed by atoms with Gasteiger partial charge >= 0.3 is 11.9 Å². The van der Waals surface area contributed by atoms with Crippen molar-refractivity contribution in [2.45, 2.75) is 91.1 Å². The van der Waals surface area contributed by atoms with Gasteiger partial charge in [0.1, 0.15) is 0 Å². The van der Waals surface area contributed by atoms with Gasteiger partial charge in [-0.3, -0.25) is 0 Å². The van der Waals surface area contributed by atoms with Crippen LogP contribution in [-0.2, 0) is 19.1 Å². The van der Waals surface area contributed by atoms with E-state index >= 15 is 0 Å². The van der Waals surface area contributed by atoms with E-state index in [9.17, 15) is 9.59 Å². The Morgan fingerprint density at radius 3 is 1.33 bits per heavy atom. The van der Waals surface area contributed by atoms with E-state index in [1.54, 1.807) is 27.7 Å². The molecule has 0 aromatic heterocycles. The lowest BCUT2D eigenvalue weighted by molar-refractivity contribution is -0.151. The fraction of sp³-hybridized carbons (Fsp3) is 0.889. The molecule has 0 aliphatic heterocycles. The minimum Gasteiger partial charge on any atom is -0.464 e. The maximum absolute atomic E-state index is 12.1. The largest absolute Gasteiger partial charge is 0.464 e. The van der Waals surface area contributed by atoms with Crippen molar-refractivity contribution < 1.29 is 19.1 Å². The highest BCUT2D eigenvalue weighted by molar-refractivity contribution is 5.81. The van der Waals surface area contributed by atoms with Gasteiger partial charge in [0.05, 0.1) is 13.2 Å². The van der Waals surface area contributed by atoms with Gasteiger partial charge < -0.3 is 9.47 Å². The molecular formula is C18H34N2O4. The van der Waals surface area contributed by atoms with Gasteiger partial charge in [-0.25, -0.2) is 9.59 Å². The molecule has 0 heterocycles. The number of hydrogen-bond acceptors (Lipinski definition) is 6. The standard InChI is InChI=1S/C18H34N2O4/c1-7-9-11-13-23-15(21)17(3,4)19-20-18(5,6)16(22)24-14-12-10-8-2/h7-14H2,1-6H3/b20-19+. The topological polar surface area (TPSA) is 77.3 Å². The molecule has 6 nitrogen and oxygen atoms in total. The Kier molecular flexibility index (Phi) is 10.5. The smallest absolute Gasteiger partial charge is 0.335 e. The summed E-state index contributed by atoms with van der Waals surface area (Å²) >= 11 is 0. The fourth-order valence-corrected chi connectivity index (χ4v) is 1.72. The number of esters is 2. The van der Waals surface area contributed by atoms with Crippen LogP contribution in [0, 0.1) is 0 Å². The molecule has 0 aromatic rings. The van der Waals surface area contributed by atoms with Gasteiger partial charge in [0.2, 0.25) is 0 Å². The van der Waals surface area contributed by atoms with Crippen LogP contribution in [0.2, 0.25) is 0 Å². The Morgan fingerprint density at radius 1 is 0.708 bits per heavy atom. The predicted molar refractivity (Wildman–Crippen MR) is 94.0 cm³/mol. The summed E-state index contributed by atoms with van der Waals surface area (Å²) in [4.78, 5) is 24.1. The number of hydrogen-bond donors (Lipinski definition) is 0. The van der Waals surface area contributed by atoms with Crippen LogP contribution in [0.3, 0.4) is 0 Å². The molecule has 0 saturated carbocycles. The lowest BCUT2D eigenvalue weighted by Gasteiger charge is -2.21. The van der Waals surface area contributed by atoms with Crippen molar-refractivity contribution in [1.82, 2.24) is 0 Å². The Bertz CT molecular complexity index is 379. The number of unbranched alkanes of at least 4 members (excludes halogenated alkanes) is 4. The molecule has 24 heavy (non-hydrogen) atoms. The number of carbonyl (C=O) groups is 2. The molecule has 0 fully saturated rings. The van der Waals surface area contributed by atoms with E-state index in [0.717, 1.165) is 38.5 Å². The molecule has 0 rings (SSSR count). The molecule has 0 aliphatic carbocycles. The number of nitrogens with zero attached hydrogens (tertiary/aromatic N) is 2. The van der Waals surface area contributed by atoms with Gasteiger partial charge in [0.15, 0.2) is 11.1 Å². The summed E-state index contributed by atoms with van der Waals surface area (Å²) in [6.45, 7) is 11.4. The Balaban J connectivity index is 4.52. The Hall–Kier alpha value is -1.46. The summed E-state index contributed by atoms with van der Waals surface area (Å²) in [5.41, 5.74) is -2.24. The highest BCUT2D eigenvalue weighted by Gasteiger charge is 2.34. The first kappa shape index (κ1) is 22.5. The molecule has 0 N–H and O–H groups in total. The van der Waals surface area contributed by atoms with E-state index < -0.39 is 23.0 Å². The third-order valence-electron chi connectivity index (χ3n) is 3.51. The molecular weight excluding hydrogens is 308 g/mol. The molecule has 0 atom stereocenters. The SMILES string of the molecule is CCCCCOC(=O)C(C)(C)/N=N/C(C)(C)C(=O)OCCCCC. The molecule has 0 radical (unpaired) electrons.